The van der Waals surface area contributed by atoms with Crippen LogP contribution in [-0.4, -0.2) is 39.0 Å². The number of morpholine rings is 1. The first kappa shape index (κ1) is 11.2. The van der Waals surface area contributed by atoms with E-state index in [1.54, 1.807) is 11.3 Å². The number of nitrogens with one attached hydrogen (secondary N) is 1. The monoisotopic (exact) mass is 303 g/mol. The molecule has 1 unspecified atom stereocenters. The molecule has 5 heteroatoms. The number of thiophene rings is 1. The molecule has 88 valence electrons. The molecule has 3 nitrogen and oxygen atoms in total. The molecule has 1 aromatic heterocycles. The molecule has 0 aliphatic carbocycles. The van der Waals surface area contributed by atoms with Crippen LogP contribution >= 0.6 is 27.3 Å². The fourth-order valence-corrected chi connectivity index (χ4v) is 3.99. The van der Waals surface area contributed by atoms with Crippen molar-refractivity contribution in [1.29, 1.82) is 0 Å². The first-order valence-electron chi connectivity index (χ1n) is 5.45. The van der Waals surface area contributed by atoms with Crippen LogP contribution in [-0.2, 0) is 14.9 Å². The van der Waals surface area contributed by atoms with Crippen LogP contribution in [0.4, 0.5) is 0 Å². The molecule has 0 bridgehead atoms. The highest BCUT2D eigenvalue weighted by Gasteiger charge is 2.48. The summed E-state index contributed by atoms with van der Waals surface area (Å²) in [5, 5.41) is 5.69. The van der Waals surface area contributed by atoms with Crippen molar-refractivity contribution in [3.8, 4) is 0 Å². The maximum atomic E-state index is 5.57. The molecule has 2 aliphatic heterocycles. The third-order valence-electron chi connectivity index (χ3n) is 3.37. The van der Waals surface area contributed by atoms with E-state index in [2.05, 4.69) is 32.7 Å². The SMILES string of the molecule is Brc1csc(C2(C3COCCN3)COC2)c1. The predicted octanol–water partition coefficient (Wildman–Crippen LogP) is 1.77. The van der Waals surface area contributed by atoms with E-state index in [-0.39, 0.29) is 5.41 Å². The van der Waals surface area contributed by atoms with Gasteiger partial charge in [-0.05, 0) is 22.0 Å². The highest BCUT2D eigenvalue weighted by molar-refractivity contribution is 9.10. The van der Waals surface area contributed by atoms with Crippen molar-refractivity contribution in [2.45, 2.75) is 11.5 Å². The van der Waals surface area contributed by atoms with Crippen LogP contribution in [0.5, 0.6) is 0 Å². The number of halogens is 1. The van der Waals surface area contributed by atoms with Crippen LogP contribution < -0.4 is 5.32 Å². The Kier molecular flexibility index (Phi) is 3.06. The lowest BCUT2D eigenvalue weighted by Crippen LogP contribution is -2.63. The van der Waals surface area contributed by atoms with Gasteiger partial charge in [0.05, 0.1) is 31.8 Å². The van der Waals surface area contributed by atoms with Crippen LogP contribution in [0.25, 0.3) is 0 Å². The summed E-state index contributed by atoms with van der Waals surface area (Å²) in [6, 6.07) is 2.60. The lowest BCUT2D eigenvalue weighted by Gasteiger charge is -2.48. The molecular formula is C11H14BrNO2S. The molecule has 3 heterocycles. The number of hydrogen-bond acceptors (Lipinski definition) is 4. The topological polar surface area (TPSA) is 30.5 Å². The Morgan fingerprint density at radius 2 is 2.31 bits per heavy atom. The van der Waals surface area contributed by atoms with Crippen LogP contribution in [0.15, 0.2) is 15.9 Å². The van der Waals surface area contributed by atoms with Gasteiger partial charge in [0.15, 0.2) is 0 Å². The van der Waals surface area contributed by atoms with Gasteiger partial charge >= 0.3 is 0 Å². The minimum absolute atomic E-state index is 0.136. The summed E-state index contributed by atoms with van der Waals surface area (Å²) in [5.41, 5.74) is 0.136. The smallest absolute Gasteiger partial charge is 0.0689 e. The minimum Gasteiger partial charge on any atom is -0.379 e. The van der Waals surface area contributed by atoms with E-state index in [1.165, 1.54) is 4.88 Å². The quantitative estimate of drug-likeness (QED) is 0.903. The van der Waals surface area contributed by atoms with E-state index in [0.717, 1.165) is 37.4 Å². The normalized spacial score (nSPS) is 28.7. The molecular weight excluding hydrogens is 290 g/mol. The molecule has 0 amide bonds. The zero-order chi connectivity index (χ0) is 11.0. The van der Waals surface area contributed by atoms with Crippen LogP contribution in [0.2, 0.25) is 0 Å². The third-order valence-corrected chi connectivity index (χ3v) is 5.28. The fraction of sp³-hybridized carbons (Fsp3) is 0.636. The summed E-state index contributed by atoms with van der Waals surface area (Å²) in [4.78, 5) is 1.40. The predicted molar refractivity (Wildman–Crippen MR) is 67.1 cm³/mol. The number of hydrogen-bond donors (Lipinski definition) is 1. The zero-order valence-corrected chi connectivity index (χ0v) is 11.3. The first-order chi connectivity index (χ1) is 7.81. The average molecular weight is 304 g/mol. The lowest BCUT2D eigenvalue weighted by atomic mass is 9.76. The van der Waals surface area contributed by atoms with Gasteiger partial charge in [0.2, 0.25) is 0 Å². The summed E-state index contributed by atoms with van der Waals surface area (Å²) in [6.45, 7) is 4.17. The molecule has 2 saturated heterocycles. The lowest BCUT2D eigenvalue weighted by molar-refractivity contribution is -0.0990. The van der Waals surface area contributed by atoms with Crippen molar-refractivity contribution >= 4 is 27.3 Å². The summed E-state index contributed by atoms with van der Waals surface area (Å²) in [6.07, 6.45) is 0. The molecule has 2 aliphatic rings. The summed E-state index contributed by atoms with van der Waals surface area (Å²) in [7, 11) is 0. The van der Waals surface area contributed by atoms with Crippen molar-refractivity contribution < 1.29 is 9.47 Å². The maximum absolute atomic E-state index is 5.57. The van der Waals surface area contributed by atoms with Crippen molar-refractivity contribution in [2.75, 3.05) is 33.0 Å². The maximum Gasteiger partial charge on any atom is 0.0689 e. The first-order valence-corrected chi connectivity index (χ1v) is 7.12. The summed E-state index contributed by atoms with van der Waals surface area (Å²) in [5.74, 6) is 0. The van der Waals surface area contributed by atoms with Crippen molar-refractivity contribution in [2.24, 2.45) is 0 Å². The number of ether oxygens (including phenoxy) is 2. The third kappa shape index (κ3) is 1.75. The zero-order valence-electron chi connectivity index (χ0n) is 8.87. The van der Waals surface area contributed by atoms with Gasteiger partial charge in [-0.15, -0.1) is 11.3 Å². The van der Waals surface area contributed by atoms with Crippen LogP contribution in [0.3, 0.4) is 0 Å². The van der Waals surface area contributed by atoms with Gasteiger partial charge in [-0.2, -0.15) is 0 Å². The van der Waals surface area contributed by atoms with E-state index in [9.17, 15) is 0 Å². The Morgan fingerprint density at radius 1 is 1.44 bits per heavy atom. The molecule has 0 spiro atoms. The Morgan fingerprint density at radius 3 is 2.81 bits per heavy atom. The van der Waals surface area contributed by atoms with Gasteiger partial charge < -0.3 is 14.8 Å². The van der Waals surface area contributed by atoms with Crippen molar-refractivity contribution in [3.63, 3.8) is 0 Å². The van der Waals surface area contributed by atoms with Crippen LogP contribution in [0, 0.1) is 0 Å². The highest BCUT2D eigenvalue weighted by Crippen LogP contribution is 2.40. The Balaban J connectivity index is 1.87. The highest BCUT2D eigenvalue weighted by atomic mass is 79.9. The van der Waals surface area contributed by atoms with Gasteiger partial charge in [0.25, 0.3) is 0 Å². The second-order valence-electron chi connectivity index (χ2n) is 4.36. The second-order valence-corrected chi connectivity index (χ2v) is 6.19. The van der Waals surface area contributed by atoms with E-state index >= 15 is 0 Å². The van der Waals surface area contributed by atoms with Gasteiger partial charge in [-0.25, -0.2) is 0 Å². The Bertz CT molecular complexity index is 372. The van der Waals surface area contributed by atoms with Gasteiger partial charge in [0.1, 0.15) is 0 Å². The molecule has 3 rings (SSSR count). The second kappa shape index (κ2) is 4.38. The minimum atomic E-state index is 0.136. The largest absolute Gasteiger partial charge is 0.379 e. The van der Waals surface area contributed by atoms with Crippen molar-refractivity contribution in [3.05, 3.63) is 20.8 Å². The molecule has 16 heavy (non-hydrogen) atoms. The summed E-state index contributed by atoms with van der Waals surface area (Å²) >= 11 is 5.32. The van der Waals surface area contributed by atoms with E-state index in [0.29, 0.717) is 6.04 Å². The Hall–Kier alpha value is 0.0600. The van der Waals surface area contributed by atoms with Gasteiger partial charge in [-0.1, -0.05) is 0 Å². The molecule has 1 aromatic rings. The fourth-order valence-electron chi connectivity index (χ4n) is 2.33. The molecule has 1 N–H and O–H groups in total. The average Bonchev–Trinajstić information content (AvgIpc) is 2.65. The molecule has 1 atom stereocenters. The van der Waals surface area contributed by atoms with E-state index in [1.807, 2.05) is 0 Å². The van der Waals surface area contributed by atoms with Crippen LogP contribution in [0.1, 0.15) is 4.88 Å². The molecule has 2 fully saturated rings. The molecule has 0 aromatic carbocycles. The number of rotatable bonds is 2. The van der Waals surface area contributed by atoms with E-state index in [4.69, 9.17) is 9.47 Å². The molecule has 0 saturated carbocycles. The van der Waals surface area contributed by atoms with Gasteiger partial charge in [-0.3, -0.25) is 0 Å². The van der Waals surface area contributed by atoms with Gasteiger partial charge in [0, 0.05) is 27.3 Å². The summed E-state index contributed by atoms with van der Waals surface area (Å²) < 4.78 is 12.2. The van der Waals surface area contributed by atoms with E-state index < -0.39 is 0 Å². The van der Waals surface area contributed by atoms with Crippen molar-refractivity contribution in [1.82, 2.24) is 5.32 Å². The molecule has 0 radical (unpaired) electrons. The standard InChI is InChI=1S/C11H14BrNO2S/c12-8-3-10(16-5-8)11(6-15-7-11)9-4-14-2-1-13-9/h3,5,9,13H,1-2,4,6-7H2. The Labute approximate surface area is 107 Å².